The Hall–Kier alpha value is -1.02. The Morgan fingerprint density at radius 1 is 1.33 bits per heavy atom. The maximum absolute atomic E-state index is 4.99. The first-order valence-corrected chi connectivity index (χ1v) is 3.77. The van der Waals surface area contributed by atoms with Gasteiger partial charge in [0.1, 0.15) is 5.76 Å². The van der Waals surface area contributed by atoms with Crippen LogP contribution in [0.25, 0.3) is 0 Å². The third-order valence-electron chi connectivity index (χ3n) is 1.34. The van der Waals surface area contributed by atoms with E-state index in [9.17, 15) is 0 Å². The summed E-state index contributed by atoms with van der Waals surface area (Å²) in [4.78, 5) is 0. The van der Waals surface area contributed by atoms with E-state index < -0.39 is 0 Å². The van der Waals surface area contributed by atoms with Crippen molar-refractivity contribution in [1.29, 1.82) is 0 Å². The van der Waals surface area contributed by atoms with Gasteiger partial charge in [0.15, 0.2) is 0 Å². The maximum atomic E-state index is 4.99. The molecule has 0 radical (unpaired) electrons. The Balaban J connectivity index is 4.13. The first-order chi connectivity index (χ1) is 5.74. The first-order valence-electron chi connectivity index (χ1n) is 3.77. The van der Waals surface area contributed by atoms with Gasteiger partial charge in [-0.2, -0.15) is 0 Å². The lowest BCUT2D eigenvalue weighted by Gasteiger charge is -1.98. The van der Waals surface area contributed by atoms with Crippen molar-refractivity contribution < 1.29 is 9.47 Å². The summed E-state index contributed by atoms with van der Waals surface area (Å²) in [6, 6.07) is 0. The fourth-order valence-electron chi connectivity index (χ4n) is 0.720. The van der Waals surface area contributed by atoms with Crippen LogP contribution < -0.4 is 0 Å². The molecule has 0 atom stereocenters. The number of rotatable bonds is 5. The highest BCUT2D eigenvalue weighted by Crippen LogP contribution is 1.99. The Morgan fingerprint density at radius 2 is 2.00 bits per heavy atom. The summed E-state index contributed by atoms with van der Waals surface area (Å²) in [5.74, 6) is 0.755. The Morgan fingerprint density at radius 3 is 2.42 bits per heavy atom. The second-order valence-corrected chi connectivity index (χ2v) is 2.42. The van der Waals surface area contributed by atoms with E-state index in [1.54, 1.807) is 20.3 Å². The number of hydrogen-bond acceptors (Lipinski definition) is 2. The van der Waals surface area contributed by atoms with Crippen LogP contribution in [0.3, 0.4) is 0 Å². The van der Waals surface area contributed by atoms with E-state index in [2.05, 4.69) is 6.58 Å². The van der Waals surface area contributed by atoms with E-state index in [1.807, 2.05) is 19.1 Å². The molecule has 0 spiro atoms. The highest BCUT2D eigenvalue weighted by Gasteiger charge is 1.87. The molecular weight excluding hydrogens is 152 g/mol. The zero-order valence-corrected chi connectivity index (χ0v) is 7.96. The highest BCUT2D eigenvalue weighted by atomic mass is 16.5. The zero-order chi connectivity index (χ0) is 9.40. The Labute approximate surface area is 74.2 Å². The van der Waals surface area contributed by atoms with Crippen LogP contribution in [0, 0.1) is 0 Å². The van der Waals surface area contributed by atoms with Gasteiger partial charge < -0.3 is 9.47 Å². The molecule has 0 fully saturated rings. The Bertz CT molecular complexity index is 190. The quantitative estimate of drug-likeness (QED) is 0.463. The van der Waals surface area contributed by atoms with Crippen molar-refractivity contribution in [2.24, 2.45) is 0 Å². The molecular formula is C10H16O2. The molecule has 68 valence electrons. The molecule has 0 bridgehead atoms. The van der Waals surface area contributed by atoms with Crippen molar-refractivity contribution in [3.63, 3.8) is 0 Å². The average Bonchev–Trinajstić information content (AvgIpc) is 2.07. The van der Waals surface area contributed by atoms with E-state index in [-0.39, 0.29) is 0 Å². The molecule has 0 unspecified atom stereocenters. The molecule has 0 heterocycles. The highest BCUT2D eigenvalue weighted by molar-refractivity contribution is 5.19. The maximum Gasteiger partial charge on any atom is 0.118 e. The number of hydrogen-bond donors (Lipinski definition) is 0. The zero-order valence-electron chi connectivity index (χ0n) is 7.96. The largest absolute Gasteiger partial charge is 0.497 e. The molecule has 0 amide bonds. The summed E-state index contributed by atoms with van der Waals surface area (Å²) < 4.78 is 9.92. The minimum Gasteiger partial charge on any atom is -0.497 e. The van der Waals surface area contributed by atoms with Gasteiger partial charge in [0.25, 0.3) is 0 Å². The molecule has 0 aliphatic carbocycles. The second-order valence-electron chi connectivity index (χ2n) is 2.42. The topological polar surface area (TPSA) is 18.5 Å². The third kappa shape index (κ3) is 4.74. The van der Waals surface area contributed by atoms with Gasteiger partial charge in [-0.3, -0.25) is 0 Å². The van der Waals surface area contributed by atoms with Crippen LogP contribution in [0.2, 0.25) is 0 Å². The van der Waals surface area contributed by atoms with Gasteiger partial charge >= 0.3 is 0 Å². The van der Waals surface area contributed by atoms with Gasteiger partial charge in [-0.05, 0) is 24.6 Å². The van der Waals surface area contributed by atoms with Gasteiger partial charge in [-0.15, -0.1) is 0 Å². The van der Waals surface area contributed by atoms with Crippen molar-refractivity contribution in [2.45, 2.75) is 6.92 Å². The third-order valence-corrected chi connectivity index (χ3v) is 1.34. The van der Waals surface area contributed by atoms with E-state index in [0.717, 1.165) is 11.3 Å². The monoisotopic (exact) mass is 168 g/mol. The van der Waals surface area contributed by atoms with Gasteiger partial charge in [-0.25, -0.2) is 0 Å². The van der Waals surface area contributed by atoms with E-state index >= 15 is 0 Å². The van der Waals surface area contributed by atoms with Crippen LogP contribution in [0.1, 0.15) is 6.92 Å². The number of methoxy groups -OCH3 is 2. The summed E-state index contributed by atoms with van der Waals surface area (Å²) in [6.07, 6.45) is 5.47. The number of ether oxygens (including phenoxy) is 2. The predicted molar refractivity (Wildman–Crippen MR) is 50.9 cm³/mol. The summed E-state index contributed by atoms with van der Waals surface area (Å²) in [7, 11) is 3.29. The van der Waals surface area contributed by atoms with Crippen LogP contribution in [-0.4, -0.2) is 20.8 Å². The molecule has 0 rings (SSSR count). The second kappa shape index (κ2) is 6.68. The van der Waals surface area contributed by atoms with Gasteiger partial charge in [0.05, 0.1) is 13.7 Å². The molecule has 12 heavy (non-hydrogen) atoms. The number of allylic oxidation sites excluding steroid dienone is 3. The SMILES string of the molecule is C=C/C(=C\C=C(/C)COC)OC. The average molecular weight is 168 g/mol. The van der Waals surface area contributed by atoms with Gasteiger partial charge in [-0.1, -0.05) is 12.7 Å². The first kappa shape index (κ1) is 11.0. The minimum atomic E-state index is 0.643. The standard InChI is InChI=1S/C10H16O2/c1-5-10(12-4)7-6-9(2)8-11-3/h5-7H,1,8H2,2-4H3/b9-6+,10-7+. The van der Waals surface area contributed by atoms with E-state index in [1.165, 1.54) is 0 Å². The van der Waals surface area contributed by atoms with Crippen molar-refractivity contribution in [1.82, 2.24) is 0 Å². The predicted octanol–water partition coefficient (Wildman–Crippen LogP) is 2.30. The summed E-state index contributed by atoms with van der Waals surface area (Å²) in [6.45, 7) is 6.24. The molecule has 0 aromatic carbocycles. The van der Waals surface area contributed by atoms with Gasteiger partial charge in [0, 0.05) is 7.11 Å². The van der Waals surface area contributed by atoms with E-state index in [0.29, 0.717) is 6.61 Å². The van der Waals surface area contributed by atoms with Crippen LogP contribution in [-0.2, 0) is 9.47 Å². The minimum absolute atomic E-state index is 0.643. The van der Waals surface area contributed by atoms with Crippen molar-refractivity contribution in [3.05, 3.63) is 36.1 Å². The van der Waals surface area contributed by atoms with Gasteiger partial charge in [0.2, 0.25) is 0 Å². The molecule has 0 N–H and O–H groups in total. The van der Waals surface area contributed by atoms with Crippen molar-refractivity contribution in [3.8, 4) is 0 Å². The van der Waals surface area contributed by atoms with E-state index in [4.69, 9.17) is 9.47 Å². The lowest BCUT2D eigenvalue weighted by atomic mass is 10.3. The molecule has 2 nitrogen and oxygen atoms in total. The summed E-state index contributed by atoms with van der Waals surface area (Å²) in [5.41, 5.74) is 1.15. The molecule has 0 aromatic rings. The fraction of sp³-hybridized carbons (Fsp3) is 0.400. The summed E-state index contributed by atoms with van der Waals surface area (Å²) >= 11 is 0. The van der Waals surface area contributed by atoms with Crippen LogP contribution in [0.5, 0.6) is 0 Å². The van der Waals surface area contributed by atoms with Crippen LogP contribution in [0.15, 0.2) is 36.1 Å². The lowest BCUT2D eigenvalue weighted by molar-refractivity contribution is 0.226. The lowest BCUT2D eigenvalue weighted by Crippen LogP contribution is -1.89. The Kier molecular flexibility index (Phi) is 6.11. The molecule has 0 aromatic heterocycles. The van der Waals surface area contributed by atoms with Crippen LogP contribution in [0.4, 0.5) is 0 Å². The molecule has 2 heteroatoms. The normalized spacial score (nSPS) is 12.9. The summed E-state index contributed by atoms with van der Waals surface area (Å²) in [5, 5.41) is 0. The van der Waals surface area contributed by atoms with Crippen LogP contribution >= 0.6 is 0 Å². The molecule has 0 saturated heterocycles. The smallest absolute Gasteiger partial charge is 0.118 e. The molecule has 0 aliphatic heterocycles. The van der Waals surface area contributed by atoms with Crippen molar-refractivity contribution in [2.75, 3.05) is 20.8 Å². The fourth-order valence-corrected chi connectivity index (χ4v) is 0.720. The molecule has 0 aliphatic rings. The molecule has 0 saturated carbocycles. The van der Waals surface area contributed by atoms with Crippen molar-refractivity contribution >= 4 is 0 Å².